The summed E-state index contributed by atoms with van der Waals surface area (Å²) in [5.74, 6) is 0.124. The number of nitrogens with one attached hydrogen (secondary N) is 1. The zero-order valence-electron chi connectivity index (χ0n) is 9.77. The van der Waals surface area contributed by atoms with Gasteiger partial charge in [-0.15, -0.1) is 0 Å². The Kier molecular flexibility index (Phi) is 2.95. The molecule has 2 N–H and O–H groups in total. The van der Waals surface area contributed by atoms with Gasteiger partial charge in [-0.05, 0) is 13.3 Å². The van der Waals surface area contributed by atoms with Gasteiger partial charge in [0, 0.05) is 6.54 Å². The van der Waals surface area contributed by atoms with Gasteiger partial charge in [-0.25, -0.2) is 4.98 Å². The average Bonchev–Trinajstić information content (AvgIpc) is 2.76. The predicted octanol–water partition coefficient (Wildman–Crippen LogP) is 0.921. The zero-order chi connectivity index (χ0) is 12.4. The summed E-state index contributed by atoms with van der Waals surface area (Å²) in [6, 6.07) is 0. The lowest BCUT2D eigenvalue weighted by molar-refractivity contribution is 0.444. The Labute approximate surface area is 98.0 Å². The van der Waals surface area contributed by atoms with E-state index in [1.165, 1.54) is 0 Å². The average molecular weight is 234 g/mol. The fourth-order valence-corrected chi connectivity index (χ4v) is 1.70. The summed E-state index contributed by atoms with van der Waals surface area (Å²) in [5, 5.41) is 9.67. The molecular weight excluding hydrogens is 220 g/mol. The van der Waals surface area contributed by atoms with E-state index in [9.17, 15) is 9.90 Å². The number of hydrogen-bond acceptors (Lipinski definition) is 4. The van der Waals surface area contributed by atoms with Crippen LogP contribution in [-0.4, -0.2) is 24.6 Å². The number of aromatic nitrogens is 4. The molecule has 2 aromatic heterocycles. The molecule has 0 amide bonds. The lowest BCUT2D eigenvalue weighted by Crippen LogP contribution is -2.15. The molecule has 0 aliphatic heterocycles. The van der Waals surface area contributed by atoms with E-state index >= 15 is 0 Å². The first kappa shape index (κ1) is 11.4. The molecule has 0 aromatic carbocycles. The molecule has 0 aliphatic carbocycles. The van der Waals surface area contributed by atoms with Crippen molar-refractivity contribution in [3.05, 3.63) is 28.4 Å². The number of aryl methyl sites for hydroxylation is 1. The second-order valence-corrected chi connectivity index (χ2v) is 3.64. The van der Waals surface area contributed by atoms with Crippen molar-refractivity contribution in [2.24, 2.45) is 0 Å². The molecule has 6 heteroatoms. The summed E-state index contributed by atoms with van der Waals surface area (Å²) in [4.78, 5) is 22.3. The Morgan fingerprint density at radius 2 is 2.24 bits per heavy atom. The van der Waals surface area contributed by atoms with Gasteiger partial charge in [-0.1, -0.05) is 6.92 Å². The largest absolute Gasteiger partial charge is 0.493 e. The van der Waals surface area contributed by atoms with Gasteiger partial charge < -0.3 is 14.7 Å². The van der Waals surface area contributed by atoms with E-state index in [-0.39, 0.29) is 11.4 Å². The first-order chi connectivity index (χ1) is 8.17. The summed E-state index contributed by atoms with van der Waals surface area (Å²) in [6.45, 7) is 4.47. The van der Waals surface area contributed by atoms with Crippen molar-refractivity contribution < 1.29 is 5.11 Å². The number of hydrogen-bond donors (Lipinski definition) is 2. The van der Waals surface area contributed by atoms with E-state index in [1.807, 2.05) is 11.5 Å². The van der Waals surface area contributed by atoms with Crippen LogP contribution in [0.5, 0.6) is 5.88 Å². The Bertz CT molecular complexity index is 585. The van der Waals surface area contributed by atoms with E-state index in [1.54, 1.807) is 19.4 Å². The smallest absolute Gasteiger partial charge is 0.258 e. The number of rotatable bonds is 3. The molecule has 0 aliphatic rings. The number of aromatic hydroxyl groups is 1. The Balaban J connectivity index is 2.58. The number of H-pyrrole nitrogens is 1. The Morgan fingerprint density at radius 3 is 2.82 bits per heavy atom. The molecule has 6 nitrogen and oxygen atoms in total. The van der Waals surface area contributed by atoms with Crippen molar-refractivity contribution in [2.75, 3.05) is 0 Å². The second kappa shape index (κ2) is 4.40. The molecule has 0 bridgehead atoms. The minimum atomic E-state index is -0.307. The first-order valence-corrected chi connectivity index (χ1v) is 5.50. The van der Waals surface area contributed by atoms with Crippen molar-refractivity contribution in [2.45, 2.75) is 26.8 Å². The molecular formula is C11H14N4O2. The minimum absolute atomic E-state index is 0.213. The van der Waals surface area contributed by atoms with Gasteiger partial charge in [0.25, 0.3) is 5.56 Å². The maximum atomic E-state index is 11.7. The molecule has 0 spiro atoms. The van der Waals surface area contributed by atoms with Crippen LogP contribution in [0.1, 0.15) is 19.4 Å². The number of imidazole rings is 1. The summed E-state index contributed by atoms with van der Waals surface area (Å²) in [7, 11) is 0. The lowest BCUT2D eigenvalue weighted by atomic mass is 10.2. The SMILES string of the molecule is CCc1c(O)nc(-c2cncn2CC)[nH]c1=O. The molecule has 0 saturated heterocycles. The van der Waals surface area contributed by atoms with Crippen LogP contribution < -0.4 is 5.56 Å². The fourth-order valence-electron chi connectivity index (χ4n) is 1.70. The second-order valence-electron chi connectivity index (χ2n) is 3.64. The van der Waals surface area contributed by atoms with Gasteiger partial charge in [0.15, 0.2) is 5.82 Å². The molecule has 2 aromatic rings. The fraction of sp³-hybridized carbons (Fsp3) is 0.364. The highest BCUT2D eigenvalue weighted by Crippen LogP contribution is 2.17. The third-order valence-corrected chi connectivity index (χ3v) is 2.64. The van der Waals surface area contributed by atoms with E-state index in [2.05, 4.69) is 15.0 Å². The molecule has 2 heterocycles. The summed E-state index contributed by atoms with van der Waals surface area (Å²) in [6.07, 6.45) is 3.70. The van der Waals surface area contributed by atoms with E-state index in [4.69, 9.17) is 0 Å². The van der Waals surface area contributed by atoms with Crippen LogP contribution in [0.3, 0.4) is 0 Å². The molecule has 0 radical (unpaired) electrons. The first-order valence-electron chi connectivity index (χ1n) is 5.50. The predicted molar refractivity (Wildman–Crippen MR) is 62.8 cm³/mol. The van der Waals surface area contributed by atoms with Gasteiger partial charge in [0.05, 0.1) is 18.1 Å². The third kappa shape index (κ3) is 1.93. The maximum absolute atomic E-state index is 11.7. The lowest BCUT2D eigenvalue weighted by Gasteiger charge is -2.06. The normalized spacial score (nSPS) is 10.7. The van der Waals surface area contributed by atoms with Crippen molar-refractivity contribution in [3.8, 4) is 17.4 Å². The molecule has 0 unspecified atom stereocenters. The van der Waals surface area contributed by atoms with Crippen LogP contribution in [-0.2, 0) is 13.0 Å². The van der Waals surface area contributed by atoms with E-state index in [0.717, 1.165) is 6.54 Å². The van der Waals surface area contributed by atoms with E-state index in [0.29, 0.717) is 23.5 Å². The molecule has 0 saturated carbocycles. The number of aromatic amines is 1. The minimum Gasteiger partial charge on any atom is -0.493 e. The Hall–Kier alpha value is -2.11. The standard InChI is InChI=1S/C11H14N4O2/c1-3-7-10(16)13-9(14-11(7)17)8-5-12-6-15(8)4-2/h5-6H,3-4H2,1-2H3,(H2,13,14,16,17). The highest BCUT2D eigenvalue weighted by molar-refractivity contribution is 5.49. The monoisotopic (exact) mass is 234 g/mol. The van der Waals surface area contributed by atoms with Gasteiger partial charge in [0.1, 0.15) is 5.69 Å². The zero-order valence-corrected chi connectivity index (χ0v) is 9.77. The topological polar surface area (TPSA) is 83.8 Å². The van der Waals surface area contributed by atoms with Crippen molar-refractivity contribution in [1.82, 2.24) is 19.5 Å². The van der Waals surface area contributed by atoms with Crippen LogP contribution in [0.15, 0.2) is 17.3 Å². The summed E-state index contributed by atoms with van der Waals surface area (Å²) >= 11 is 0. The van der Waals surface area contributed by atoms with E-state index < -0.39 is 0 Å². The van der Waals surface area contributed by atoms with Gasteiger partial charge >= 0.3 is 0 Å². The number of nitrogens with zero attached hydrogens (tertiary/aromatic N) is 3. The van der Waals surface area contributed by atoms with Gasteiger partial charge in [-0.3, -0.25) is 4.79 Å². The highest BCUT2D eigenvalue weighted by Gasteiger charge is 2.12. The van der Waals surface area contributed by atoms with Gasteiger partial charge in [0.2, 0.25) is 5.88 Å². The third-order valence-electron chi connectivity index (χ3n) is 2.64. The van der Waals surface area contributed by atoms with Crippen LogP contribution in [0.25, 0.3) is 11.5 Å². The van der Waals surface area contributed by atoms with Crippen molar-refractivity contribution in [3.63, 3.8) is 0 Å². The molecule has 0 atom stereocenters. The van der Waals surface area contributed by atoms with Crippen LogP contribution in [0, 0.1) is 0 Å². The molecule has 2 rings (SSSR count). The highest BCUT2D eigenvalue weighted by atomic mass is 16.3. The summed E-state index contributed by atoms with van der Waals surface area (Å²) in [5.41, 5.74) is 0.678. The molecule has 90 valence electrons. The maximum Gasteiger partial charge on any atom is 0.258 e. The molecule has 17 heavy (non-hydrogen) atoms. The van der Waals surface area contributed by atoms with Crippen LogP contribution in [0.4, 0.5) is 0 Å². The summed E-state index contributed by atoms with van der Waals surface area (Å²) < 4.78 is 1.84. The van der Waals surface area contributed by atoms with Crippen molar-refractivity contribution >= 4 is 0 Å². The molecule has 0 fully saturated rings. The van der Waals surface area contributed by atoms with Crippen LogP contribution >= 0.6 is 0 Å². The van der Waals surface area contributed by atoms with Crippen molar-refractivity contribution in [1.29, 1.82) is 0 Å². The van der Waals surface area contributed by atoms with Crippen LogP contribution in [0.2, 0.25) is 0 Å². The van der Waals surface area contributed by atoms with Gasteiger partial charge in [-0.2, -0.15) is 4.98 Å². The quantitative estimate of drug-likeness (QED) is 0.827. The Morgan fingerprint density at radius 1 is 1.47 bits per heavy atom.